The maximum absolute atomic E-state index is 12.4. The molecule has 1 aliphatic heterocycles. The van der Waals surface area contributed by atoms with Crippen molar-refractivity contribution in [2.24, 2.45) is 5.73 Å². The summed E-state index contributed by atoms with van der Waals surface area (Å²) in [7, 11) is 0. The van der Waals surface area contributed by atoms with Crippen molar-refractivity contribution in [1.82, 2.24) is 20.2 Å². The molecule has 2 amide bonds. The largest absolute Gasteiger partial charge is 0.330 e. The van der Waals surface area contributed by atoms with Crippen molar-refractivity contribution in [1.29, 1.82) is 0 Å². The second-order valence-electron chi connectivity index (χ2n) is 7.40. The summed E-state index contributed by atoms with van der Waals surface area (Å²) < 4.78 is 0. The molecule has 1 aromatic carbocycles. The number of urea groups is 1. The third-order valence-corrected chi connectivity index (χ3v) is 5.91. The zero-order valence-corrected chi connectivity index (χ0v) is 18.6. The van der Waals surface area contributed by atoms with Gasteiger partial charge in [0.15, 0.2) is 0 Å². The summed E-state index contributed by atoms with van der Waals surface area (Å²) in [6, 6.07) is 4.78. The predicted molar refractivity (Wildman–Crippen MR) is 124 cm³/mol. The average Bonchev–Trinajstić information content (AvgIpc) is 3.19. The smallest absolute Gasteiger partial charge is 0.326 e. The Morgan fingerprint density at radius 1 is 1.32 bits per heavy atom. The zero-order chi connectivity index (χ0) is 22.2. The quantitative estimate of drug-likeness (QED) is 0.359. The van der Waals surface area contributed by atoms with E-state index in [1.54, 1.807) is 18.2 Å². The molecule has 1 atom stereocenters. The van der Waals surface area contributed by atoms with Crippen LogP contribution in [-0.4, -0.2) is 59.7 Å². The van der Waals surface area contributed by atoms with Crippen LogP contribution in [0.3, 0.4) is 0 Å². The lowest BCUT2D eigenvalue weighted by Gasteiger charge is -2.16. The van der Waals surface area contributed by atoms with E-state index in [4.69, 9.17) is 28.9 Å². The van der Waals surface area contributed by atoms with E-state index >= 15 is 0 Å². The summed E-state index contributed by atoms with van der Waals surface area (Å²) in [5.41, 5.74) is 6.18. The van der Waals surface area contributed by atoms with Gasteiger partial charge in [0, 0.05) is 30.9 Å². The molecule has 11 heteroatoms. The molecule has 6 N–H and O–H groups in total. The maximum atomic E-state index is 12.4. The number of nitrogens with two attached hydrogens (primary N) is 1. The van der Waals surface area contributed by atoms with Crippen LogP contribution in [0, 0.1) is 0 Å². The lowest BCUT2D eigenvalue weighted by molar-refractivity contribution is 0.262. The van der Waals surface area contributed by atoms with E-state index in [0.29, 0.717) is 35.3 Å². The predicted octanol–water partition coefficient (Wildman–Crippen LogP) is 2.28. The number of hydrogen-bond donors (Lipinski definition) is 5. The van der Waals surface area contributed by atoms with E-state index in [2.05, 4.69) is 30.8 Å². The number of nitrogens with zero attached hydrogens (tertiary/aromatic N) is 2. The Labute approximate surface area is 190 Å². The Bertz CT molecular complexity index is 953. The van der Waals surface area contributed by atoms with E-state index in [1.807, 2.05) is 0 Å². The Balaban J connectivity index is 1.48. The van der Waals surface area contributed by atoms with Gasteiger partial charge >= 0.3 is 6.03 Å². The molecular formula is C20H27Cl2N7O2. The molecule has 2 heterocycles. The number of rotatable bonds is 9. The summed E-state index contributed by atoms with van der Waals surface area (Å²) in [6.07, 6.45) is 4.15. The molecule has 1 saturated heterocycles. The van der Waals surface area contributed by atoms with Crippen LogP contribution in [0.4, 0.5) is 16.4 Å². The molecule has 0 radical (unpaired) electrons. The number of carbonyl (C=O) groups is 1. The topological polar surface area (TPSA) is 128 Å². The van der Waals surface area contributed by atoms with E-state index < -0.39 is 6.03 Å². The fourth-order valence-corrected chi connectivity index (χ4v) is 3.76. The van der Waals surface area contributed by atoms with Crippen molar-refractivity contribution in [2.75, 3.05) is 43.4 Å². The van der Waals surface area contributed by atoms with Crippen molar-refractivity contribution in [3.05, 3.63) is 50.4 Å². The van der Waals surface area contributed by atoms with Gasteiger partial charge in [0.2, 0.25) is 5.95 Å². The number of benzene rings is 1. The van der Waals surface area contributed by atoms with Crippen LogP contribution in [0.2, 0.25) is 10.0 Å². The monoisotopic (exact) mass is 467 g/mol. The van der Waals surface area contributed by atoms with Crippen LogP contribution in [0.25, 0.3) is 0 Å². The number of hydrogen-bond acceptors (Lipinski definition) is 6. The number of likely N-dealkylation sites (tertiary alicyclic amines) is 1. The van der Waals surface area contributed by atoms with Crippen LogP contribution >= 0.6 is 23.2 Å². The van der Waals surface area contributed by atoms with E-state index in [0.717, 1.165) is 39.0 Å². The molecule has 0 spiro atoms. The zero-order valence-electron chi connectivity index (χ0n) is 17.1. The van der Waals surface area contributed by atoms with Gasteiger partial charge in [-0.05, 0) is 51.0 Å². The Morgan fingerprint density at radius 3 is 2.94 bits per heavy atom. The number of aromatic amines is 1. The van der Waals surface area contributed by atoms with E-state index in [1.165, 1.54) is 6.20 Å². The molecule has 168 valence electrons. The molecule has 0 unspecified atom stereocenters. The second kappa shape index (κ2) is 11.4. The highest BCUT2D eigenvalue weighted by Gasteiger charge is 2.21. The van der Waals surface area contributed by atoms with E-state index in [-0.39, 0.29) is 16.5 Å². The molecular weight excluding hydrogens is 441 g/mol. The van der Waals surface area contributed by atoms with Crippen molar-refractivity contribution < 1.29 is 4.79 Å². The van der Waals surface area contributed by atoms with Gasteiger partial charge < -0.3 is 21.3 Å². The first-order chi connectivity index (χ1) is 15.0. The number of aromatic nitrogens is 2. The number of amides is 2. The van der Waals surface area contributed by atoms with Crippen molar-refractivity contribution in [3.63, 3.8) is 0 Å². The van der Waals surface area contributed by atoms with Crippen molar-refractivity contribution in [2.45, 2.75) is 25.3 Å². The van der Waals surface area contributed by atoms with Gasteiger partial charge in [0.05, 0.1) is 15.7 Å². The van der Waals surface area contributed by atoms with Crippen LogP contribution in [0.15, 0.2) is 29.2 Å². The lowest BCUT2D eigenvalue weighted by atomic mass is 10.2. The summed E-state index contributed by atoms with van der Waals surface area (Å²) in [5, 5.41) is 9.12. The molecule has 2 aromatic rings. The number of anilines is 2. The van der Waals surface area contributed by atoms with Gasteiger partial charge in [0.1, 0.15) is 0 Å². The van der Waals surface area contributed by atoms with Gasteiger partial charge in [-0.3, -0.25) is 15.1 Å². The standard InChI is InChI=1S/C20H27Cl2N7O2/c21-15-3-1-4-16(17(15)22)26-20(31)28-19-25-11-13(18(30)27-19)5-9-29-10-6-14(12-29)24-8-2-7-23/h1,3-4,11,14,24H,2,5-10,12,23H2,(H3,25,26,27,28,30,31)/t14-/m1/s1. The number of carbonyl (C=O) groups excluding carboxylic acids is 1. The van der Waals surface area contributed by atoms with Crippen molar-refractivity contribution >= 4 is 40.9 Å². The highest BCUT2D eigenvalue weighted by molar-refractivity contribution is 6.44. The first-order valence-corrected chi connectivity index (χ1v) is 11.0. The summed E-state index contributed by atoms with van der Waals surface area (Å²) >= 11 is 12.0. The summed E-state index contributed by atoms with van der Waals surface area (Å²) in [6.45, 7) is 4.36. The second-order valence-corrected chi connectivity index (χ2v) is 8.18. The highest BCUT2D eigenvalue weighted by Crippen LogP contribution is 2.29. The maximum Gasteiger partial charge on any atom is 0.326 e. The number of nitrogens with one attached hydrogen (secondary N) is 4. The molecule has 31 heavy (non-hydrogen) atoms. The van der Waals surface area contributed by atoms with Crippen molar-refractivity contribution in [3.8, 4) is 0 Å². The molecule has 9 nitrogen and oxygen atoms in total. The third-order valence-electron chi connectivity index (χ3n) is 5.09. The Hall–Kier alpha value is -2.17. The average molecular weight is 468 g/mol. The van der Waals surface area contributed by atoms with Gasteiger partial charge in [0.25, 0.3) is 5.56 Å². The number of halogens is 2. The van der Waals surface area contributed by atoms with Gasteiger partial charge in [-0.1, -0.05) is 29.3 Å². The normalized spacial score (nSPS) is 16.4. The Kier molecular flexibility index (Phi) is 8.68. The SMILES string of the molecule is NCCCN[C@@H]1CCN(CCc2cnc(NC(=O)Nc3cccc(Cl)c3Cl)[nH]c2=O)C1. The molecule has 0 bridgehead atoms. The minimum absolute atomic E-state index is 0.0507. The molecule has 1 aromatic heterocycles. The van der Waals surface area contributed by atoms with Crippen LogP contribution in [0.1, 0.15) is 18.4 Å². The minimum atomic E-state index is -0.592. The fourth-order valence-electron chi connectivity index (χ4n) is 3.41. The molecule has 3 rings (SSSR count). The van der Waals surface area contributed by atoms with Crippen LogP contribution in [0.5, 0.6) is 0 Å². The van der Waals surface area contributed by atoms with Gasteiger partial charge in [-0.15, -0.1) is 0 Å². The van der Waals surface area contributed by atoms with Crippen LogP contribution < -0.4 is 27.2 Å². The lowest BCUT2D eigenvalue weighted by Crippen LogP contribution is -2.34. The molecule has 1 fully saturated rings. The van der Waals surface area contributed by atoms with Gasteiger partial charge in [-0.25, -0.2) is 9.78 Å². The summed E-state index contributed by atoms with van der Waals surface area (Å²) in [4.78, 5) is 33.6. The third kappa shape index (κ3) is 6.91. The molecule has 1 aliphatic rings. The summed E-state index contributed by atoms with van der Waals surface area (Å²) in [5.74, 6) is 0.0507. The highest BCUT2D eigenvalue weighted by atomic mass is 35.5. The number of H-pyrrole nitrogens is 1. The van der Waals surface area contributed by atoms with Gasteiger partial charge in [-0.2, -0.15) is 0 Å². The molecule has 0 saturated carbocycles. The first kappa shape index (κ1) is 23.5. The molecule has 0 aliphatic carbocycles. The first-order valence-electron chi connectivity index (χ1n) is 10.2. The Morgan fingerprint density at radius 2 is 2.16 bits per heavy atom. The van der Waals surface area contributed by atoms with E-state index in [9.17, 15) is 9.59 Å². The minimum Gasteiger partial charge on any atom is -0.330 e. The van der Waals surface area contributed by atoms with Crippen LogP contribution in [-0.2, 0) is 6.42 Å². The fraction of sp³-hybridized carbons (Fsp3) is 0.450.